The Morgan fingerprint density at radius 3 is 2.68 bits per heavy atom. The number of nitrogens with zero attached hydrogens (tertiary/aromatic N) is 2. The summed E-state index contributed by atoms with van der Waals surface area (Å²) in [5, 5.41) is 1.37. The zero-order valence-electron chi connectivity index (χ0n) is 19.0. The van der Waals surface area contributed by atoms with E-state index in [1.54, 1.807) is 16.3 Å². The monoisotopic (exact) mass is 536 g/mol. The average molecular weight is 537 g/mol. The van der Waals surface area contributed by atoms with E-state index in [2.05, 4.69) is 35.8 Å². The van der Waals surface area contributed by atoms with Crippen molar-refractivity contribution in [2.24, 2.45) is 5.92 Å². The molecule has 0 N–H and O–H groups in total. The van der Waals surface area contributed by atoms with Gasteiger partial charge in [0, 0.05) is 33.5 Å². The van der Waals surface area contributed by atoms with Crippen molar-refractivity contribution in [3.05, 3.63) is 98.2 Å². The summed E-state index contributed by atoms with van der Waals surface area (Å²) < 4.78 is 15.1. The van der Waals surface area contributed by atoms with Gasteiger partial charge in [0.2, 0.25) is 6.29 Å². The molecule has 5 rings (SSSR count). The van der Waals surface area contributed by atoms with E-state index in [0.29, 0.717) is 30.2 Å². The highest BCUT2D eigenvalue weighted by atomic mass is 79.9. The van der Waals surface area contributed by atoms with Crippen molar-refractivity contribution in [1.29, 1.82) is 0 Å². The molecule has 3 aromatic carbocycles. The predicted molar refractivity (Wildman–Crippen MR) is 139 cm³/mol. The van der Waals surface area contributed by atoms with Crippen molar-refractivity contribution in [1.82, 2.24) is 9.55 Å². The van der Waals surface area contributed by atoms with Crippen molar-refractivity contribution in [2.45, 2.75) is 44.2 Å². The minimum atomic E-state index is -0.448. The predicted octanol–water partition coefficient (Wildman–Crippen LogP) is 6.72. The quantitative estimate of drug-likeness (QED) is 0.202. The van der Waals surface area contributed by atoms with E-state index in [0.717, 1.165) is 37.6 Å². The average Bonchev–Trinajstić information content (AvgIpc) is 2.84. The normalized spacial score (nSPS) is 15.4. The molecule has 0 bridgehead atoms. The molecular formula is C27H25BrN2O3S. The van der Waals surface area contributed by atoms with Crippen LogP contribution in [0.15, 0.2) is 81.2 Å². The number of aromatic nitrogens is 2. The standard InChI is InChI=1S/C27H25BrN2O3S/c1-17(2)14-30-25(31)22-10-6-7-11-23(22)29-27(30)34-16-20-13-21(28)12-19-15-32-26(33-24(19)20)18-8-4-3-5-9-18/h3-13,17,26H,14-16H2,1-2H3/t26-/m1/s1. The van der Waals surface area contributed by atoms with Crippen molar-refractivity contribution < 1.29 is 9.47 Å². The van der Waals surface area contributed by atoms with Crippen LogP contribution in [0.3, 0.4) is 0 Å². The summed E-state index contributed by atoms with van der Waals surface area (Å²) in [6, 6.07) is 21.6. The lowest BCUT2D eigenvalue weighted by Gasteiger charge is -2.28. The Bertz CT molecular complexity index is 1390. The number of fused-ring (bicyclic) bond motifs is 2. The summed E-state index contributed by atoms with van der Waals surface area (Å²) in [6.07, 6.45) is -0.448. The second kappa shape index (κ2) is 9.94. The lowest BCUT2D eigenvalue weighted by atomic mass is 10.1. The van der Waals surface area contributed by atoms with Crippen LogP contribution in [0.1, 0.15) is 36.8 Å². The highest BCUT2D eigenvalue weighted by molar-refractivity contribution is 9.10. The Labute approximate surface area is 211 Å². The lowest BCUT2D eigenvalue weighted by Crippen LogP contribution is -2.25. The van der Waals surface area contributed by atoms with Crippen molar-refractivity contribution in [3.8, 4) is 5.75 Å². The zero-order chi connectivity index (χ0) is 23.7. The molecule has 1 aliphatic rings. The molecule has 1 aromatic heterocycles. The second-order valence-corrected chi connectivity index (χ2v) is 10.6. The third-order valence-corrected chi connectivity index (χ3v) is 7.11. The van der Waals surface area contributed by atoms with Gasteiger partial charge >= 0.3 is 0 Å². The molecule has 0 fully saturated rings. The fourth-order valence-electron chi connectivity index (χ4n) is 4.08. The van der Waals surface area contributed by atoms with Gasteiger partial charge in [-0.3, -0.25) is 9.36 Å². The Morgan fingerprint density at radius 1 is 1.12 bits per heavy atom. The minimum Gasteiger partial charge on any atom is -0.460 e. The molecule has 0 saturated carbocycles. The van der Waals surface area contributed by atoms with Crippen molar-refractivity contribution in [2.75, 3.05) is 0 Å². The SMILES string of the molecule is CC(C)Cn1c(SCc2cc(Br)cc3c2O[C@H](c2ccccc2)OC3)nc2ccccc2c1=O. The molecule has 0 saturated heterocycles. The number of hydrogen-bond donors (Lipinski definition) is 0. The number of hydrogen-bond acceptors (Lipinski definition) is 5. The summed E-state index contributed by atoms with van der Waals surface area (Å²) >= 11 is 5.19. The molecule has 4 aromatic rings. The Hall–Kier alpha value is -2.61. The highest BCUT2D eigenvalue weighted by Gasteiger charge is 2.25. The van der Waals surface area contributed by atoms with Crippen LogP contribution in [-0.4, -0.2) is 9.55 Å². The van der Waals surface area contributed by atoms with Crippen LogP contribution >= 0.6 is 27.7 Å². The van der Waals surface area contributed by atoms with E-state index < -0.39 is 6.29 Å². The molecular weight excluding hydrogens is 512 g/mol. The number of ether oxygens (including phenoxy) is 2. The van der Waals surface area contributed by atoms with Crippen LogP contribution in [0.5, 0.6) is 5.75 Å². The van der Waals surface area contributed by atoms with Crippen LogP contribution in [0.4, 0.5) is 0 Å². The van der Waals surface area contributed by atoms with Crippen molar-refractivity contribution in [3.63, 3.8) is 0 Å². The zero-order valence-corrected chi connectivity index (χ0v) is 21.4. The molecule has 0 amide bonds. The molecule has 0 aliphatic carbocycles. The fourth-order valence-corrected chi connectivity index (χ4v) is 5.61. The first kappa shape index (κ1) is 23.1. The van der Waals surface area contributed by atoms with E-state index in [1.807, 2.05) is 60.7 Å². The molecule has 1 atom stereocenters. The van der Waals surface area contributed by atoms with Gasteiger partial charge in [-0.2, -0.15) is 0 Å². The maximum absolute atomic E-state index is 13.2. The molecule has 0 spiro atoms. The molecule has 0 unspecified atom stereocenters. The van der Waals surface area contributed by atoms with Gasteiger partial charge in [-0.1, -0.05) is 84.0 Å². The first-order valence-corrected chi connectivity index (χ1v) is 13.0. The fraction of sp³-hybridized carbons (Fsp3) is 0.259. The smallest absolute Gasteiger partial charge is 0.262 e. The molecule has 174 valence electrons. The number of benzene rings is 3. The van der Waals surface area contributed by atoms with E-state index in [4.69, 9.17) is 14.5 Å². The Kier molecular flexibility index (Phi) is 6.77. The molecule has 0 radical (unpaired) electrons. The summed E-state index contributed by atoms with van der Waals surface area (Å²) in [6.45, 7) is 5.31. The topological polar surface area (TPSA) is 53.4 Å². The second-order valence-electron chi connectivity index (χ2n) is 8.73. The Balaban J connectivity index is 1.48. The lowest BCUT2D eigenvalue weighted by molar-refractivity contribution is -0.111. The summed E-state index contributed by atoms with van der Waals surface area (Å²) in [5.41, 5.74) is 3.75. The van der Waals surface area contributed by atoms with Crippen LogP contribution < -0.4 is 10.3 Å². The van der Waals surface area contributed by atoms with Crippen LogP contribution in [-0.2, 0) is 23.6 Å². The van der Waals surface area contributed by atoms with Gasteiger partial charge in [-0.25, -0.2) is 4.98 Å². The van der Waals surface area contributed by atoms with Gasteiger partial charge in [0.15, 0.2) is 5.16 Å². The molecule has 7 heteroatoms. The minimum absolute atomic E-state index is 0.00635. The Morgan fingerprint density at radius 2 is 1.88 bits per heavy atom. The van der Waals surface area contributed by atoms with Crippen LogP contribution in [0, 0.1) is 5.92 Å². The largest absolute Gasteiger partial charge is 0.460 e. The van der Waals surface area contributed by atoms with Gasteiger partial charge in [-0.15, -0.1) is 0 Å². The van der Waals surface area contributed by atoms with Crippen LogP contribution in [0.25, 0.3) is 10.9 Å². The molecule has 34 heavy (non-hydrogen) atoms. The van der Waals surface area contributed by atoms with E-state index in [9.17, 15) is 4.79 Å². The van der Waals surface area contributed by atoms with Crippen LogP contribution in [0.2, 0.25) is 0 Å². The highest BCUT2D eigenvalue weighted by Crippen LogP contribution is 2.40. The number of rotatable bonds is 6. The van der Waals surface area contributed by atoms with E-state index in [-0.39, 0.29) is 5.56 Å². The number of thioether (sulfide) groups is 1. The van der Waals surface area contributed by atoms with Gasteiger partial charge in [0.25, 0.3) is 5.56 Å². The first-order chi connectivity index (χ1) is 16.5. The van der Waals surface area contributed by atoms with Crippen molar-refractivity contribution >= 4 is 38.6 Å². The summed E-state index contributed by atoms with van der Waals surface area (Å²) in [4.78, 5) is 18.1. The van der Waals surface area contributed by atoms with Gasteiger partial charge in [0.1, 0.15) is 5.75 Å². The third-order valence-electron chi connectivity index (χ3n) is 5.63. The first-order valence-electron chi connectivity index (χ1n) is 11.3. The van der Waals surface area contributed by atoms with E-state index in [1.165, 1.54) is 0 Å². The molecule has 1 aliphatic heterocycles. The molecule has 2 heterocycles. The number of halogens is 1. The van der Waals surface area contributed by atoms with E-state index >= 15 is 0 Å². The number of para-hydroxylation sites is 1. The third kappa shape index (κ3) is 4.78. The summed E-state index contributed by atoms with van der Waals surface area (Å²) in [7, 11) is 0. The van der Waals surface area contributed by atoms with Gasteiger partial charge < -0.3 is 9.47 Å². The van der Waals surface area contributed by atoms with Gasteiger partial charge in [0.05, 0.1) is 17.5 Å². The maximum atomic E-state index is 13.2. The maximum Gasteiger partial charge on any atom is 0.262 e. The molecule has 5 nitrogen and oxygen atoms in total. The van der Waals surface area contributed by atoms with Gasteiger partial charge in [-0.05, 0) is 30.2 Å². The summed E-state index contributed by atoms with van der Waals surface area (Å²) in [5.74, 6) is 1.78.